The summed E-state index contributed by atoms with van der Waals surface area (Å²) < 4.78 is 0. The molecule has 92 valence electrons. The van der Waals surface area contributed by atoms with Gasteiger partial charge in [0.2, 0.25) is 5.91 Å². The van der Waals surface area contributed by atoms with E-state index < -0.39 is 12.0 Å². The fourth-order valence-electron chi connectivity index (χ4n) is 0.909. The highest BCUT2D eigenvalue weighted by Crippen LogP contribution is 1.97. The Morgan fingerprint density at radius 3 is 2.38 bits per heavy atom. The van der Waals surface area contributed by atoms with E-state index in [0.29, 0.717) is 0 Å². The number of nitrogens with one attached hydrogen (secondary N) is 1. The second-order valence-electron chi connectivity index (χ2n) is 3.80. The van der Waals surface area contributed by atoms with E-state index in [4.69, 9.17) is 10.8 Å². The van der Waals surface area contributed by atoms with E-state index in [2.05, 4.69) is 5.32 Å². The molecule has 4 N–H and O–H groups in total. The number of hydrogen-bond acceptors (Lipinski definition) is 4. The molecule has 0 saturated carbocycles. The Bertz CT molecular complexity index is 252. The molecule has 0 aromatic heterocycles. The number of carboxylic acid groups (broad SMARTS) is 1. The van der Waals surface area contributed by atoms with Crippen molar-refractivity contribution in [2.75, 3.05) is 6.54 Å². The van der Waals surface area contributed by atoms with Crippen LogP contribution in [-0.4, -0.2) is 35.4 Å². The molecule has 0 aromatic carbocycles. The van der Waals surface area contributed by atoms with Crippen LogP contribution >= 0.6 is 0 Å². The van der Waals surface area contributed by atoms with Crippen molar-refractivity contribution in [1.82, 2.24) is 5.32 Å². The molecule has 0 aliphatic heterocycles. The van der Waals surface area contributed by atoms with Gasteiger partial charge in [-0.25, -0.2) is 0 Å². The van der Waals surface area contributed by atoms with Crippen molar-refractivity contribution >= 4 is 17.7 Å². The average Bonchev–Trinajstić information content (AvgIpc) is 2.21. The summed E-state index contributed by atoms with van der Waals surface area (Å²) in [6.07, 6.45) is 0.147. The molecular weight excluding hydrogens is 212 g/mol. The van der Waals surface area contributed by atoms with E-state index in [1.165, 1.54) is 6.92 Å². The zero-order valence-corrected chi connectivity index (χ0v) is 9.53. The number of nitrogens with two attached hydrogens (primary N) is 1. The molecule has 0 aliphatic rings. The van der Waals surface area contributed by atoms with Crippen LogP contribution < -0.4 is 11.1 Å². The minimum Gasteiger partial charge on any atom is -0.480 e. The lowest BCUT2D eigenvalue weighted by atomic mass is 10.1. The van der Waals surface area contributed by atoms with Gasteiger partial charge in [-0.05, 0) is 13.3 Å². The smallest absolute Gasteiger partial charge is 0.320 e. The van der Waals surface area contributed by atoms with Crippen molar-refractivity contribution in [2.45, 2.75) is 32.7 Å². The number of rotatable bonds is 7. The number of hydrogen-bond donors (Lipinski definition) is 3. The van der Waals surface area contributed by atoms with E-state index in [9.17, 15) is 14.4 Å². The Balaban J connectivity index is 3.75. The summed E-state index contributed by atoms with van der Waals surface area (Å²) in [4.78, 5) is 32.5. The van der Waals surface area contributed by atoms with Gasteiger partial charge in [0.15, 0.2) is 0 Å². The van der Waals surface area contributed by atoms with Crippen LogP contribution in [0.2, 0.25) is 0 Å². The first-order valence-electron chi connectivity index (χ1n) is 5.10. The standard InChI is InChI=1S/C10H18N2O4/c1-6(7(2)13)5-12-9(14)4-3-8(11)10(15)16/h6,8H,3-5,11H2,1-2H3,(H,12,14)(H,15,16)/t6-,8+/m1/s1. The largest absolute Gasteiger partial charge is 0.480 e. The third-order valence-corrected chi connectivity index (χ3v) is 2.30. The van der Waals surface area contributed by atoms with Crippen LogP contribution in [0.4, 0.5) is 0 Å². The summed E-state index contributed by atoms with van der Waals surface area (Å²) in [6.45, 7) is 3.44. The van der Waals surface area contributed by atoms with E-state index in [0.717, 1.165) is 0 Å². The number of aliphatic carboxylic acids is 1. The van der Waals surface area contributed by atoms with Crippen LogP contribution in [0.5, 0.6) is 0 Å². The summed E-state index contributed by atoms with van der Waals surface area (Å²) in [5, 5.41) is 11.0. The third kappa shape index (κ3) is 6.13. The summed E-state index contributed by atoms with van der Waals surface area (Å²) in [5.74, 6) is -1.63. The van der Waals surface area contributed by atoms with Gasteiger partial charge in [-0.1, -0.05) is 6.92 Å². The molecule has 0 radical (unpaired) electrons. The average molecular weight is 230 g/mol. The second-order valence-corrected chi connectivity index (χ2v) is 3.80. The first-order chi connectivity index (χ1) is 7.34. The molecule has 0 unspecified atom stereocenters. The lowest BCUT2D eigenvalue weighted by Crippen LogP contribution is -2.34. The maximum Gasteiger partial charge on any atom is 0.320 e. The van der Waals surface area contributed by atoms with Gasteiger partial charge in [0.05, 0.1) is 0 Å². The molecule has 16 heavy (non-hydrogen) atoms. The first kappa shape index (κ1) is 14.6. The van der Waals surface area contributed by atoms with Crippen molar-refractivity contribution in [2.24, 2.45) is 11.7 Å². The Morgan fingerprint density at radius 1 is 1.38 bits per heavy atom. The predicted octanol–water partition coefficient (Wildman–Crippen LogP) is -0.480. The molecule has 0 fully saturated rings. The quantitative estimate of drug-likeness (QED) is 0.547. The number of amides is 1. The zero-order valence-electron chi connectivity index (χ0n) is 9.53. The van der Waals surface area contributed by atoms with Gasteiger partial charge in [-0.2, -0.15) is 0 Å². The fourth-order valence-corrected chi connectivity index (χ4v) is 0.909. The van der Waals surface area contributed by atoms with Crippen LogP contribution in [-0.2, 0) is 14.4 Å². The van der Waals surface area contributed by atoms with Crippen LogP contribution in [0.15, 0.2) is 0 Å². The normalized spacial score (nSPS) is 13.9. The van der Waals surface area contributed by atoms with Crippen LogP contribution in [0, 0.1) is 5.92 Å². The van der Waals surface area contributed by atoms with Crippen molar-refractivity contribution in [3.63, 3.8) is 0 Å². The molecule has 1 amide bonds. The molecule has 0 rings (SSSR count). The van der Waals surface area contributed by atoms with Gasteiger partial charge in [-0.15, -0.1) is 0 Å². The molecule has 2 atom stereocenters. The molecule has 0 bridgehead atoms. The number of carbonyl (C=O) groups is 3. The van der Waals surface area contributed by atoms with Crippen LogP contribution in [0.3, 0.4) is 0 Å². The summed E-state index contributed by atoms with van der Waals surface area (Å²) >= 11 is 0. The molecule has 6 nitrogen and oxygen atoms in total. The monoisotopic (exact) mass is 230 g/mol. The third-order valence-electron chi connectivity index (χ3n) is 2.30. The van der Waals surface area contributed by atoms with Gasteiger partial charge in [0.25, 0.3) is 0 Å². The number of ketones is 1. The number of Topliss-reactive ketones (excluding diaryl/α,β-unsaturated/α-hetero) is 1. The van der Waals surface area contributed by atoms with E-state index >= 15 is 0 Å². The Labute approximate surface area is 94.2 Å². The van der Waals surface area contributed by atoms with Gasteiger partial charge in [-0.3, -0.25) is 14.4 Å². The SMILES string of the molecule is CC(=O)[C@H](C)CNC(=O)CC[C@H](N)C(=O)O. The van der Waals surface area contributed by atoms with Crippen LogP contribution in [0.25, 0.3) is 0 Å². The molecular formula is C10H18N2O4. The summed E-state index contributed by atoms with van der Waals surface area (Å²) in [5.41, 5.74) is 5.24. The molecule has 0 saturated heterocycles. The van der Waals surface area contributed by atoms with E-state index in [-0.39, 0.29) is 37.0 Å². The molecule has 0 aromatic rings. The van der Waals surface area contributed by atoms with Crippen molar-refractivity contribution in [1.29, 1.82) is 0 Å². The van der Waals surface area contributed by atoms with Gasteiger partial charge in [0, 0.05) is 18.9 Å². The number of carboxylic acids is 1. The zero-order chi connectivity index (χ0) is 12.7. The highest BCUT2D eigenvalue weighted by atomic mass is 16.4. The highest BCUT2D eigenvalue weighted by molar-refractivity contribution is 5.81. The van der Waals surface area contributed by atoms with Crippen molar-refractivity contribution in [3.05, 3.63) is 0 Å². The van der Waals surface area contributed by atoms with Gasteiger partial charge >= 0.3 is 5.97 Å². The summed E-state index contributed by atoms with van der Waals surface area (Å²) in [7, 11) is 0. The topological polar surface area (TPSA) is 109 Å². The Hall–Kier alpha value is -1.43. The van der Waals surface area contributed by atoms with Crippen molar-refractivity contribution < 1.29 is 19.5 Å². The lowest BCUT2D eigenvalue weighted by Gasteiger charge is -2.10. The molecule has 0 spiro atoms. The second kappa shape index (κ2) is 6.95. The van der Waals surface area contributed by atoms with E-state index in [1.54, 1.807) is 6.92 Å². The van der Waals surface area contributed by atoms with Gasteiger partial charge in [0.1, 0.15) is 11.8 Å². The predicted molar refractivity (Wildman–Crippen MR) is 57.7 cm³/mol. The maximum atomic E-state index is 11.2. The minimum absolute atomic E-state index is 0.00235. The maximum absolute atomic E-state index is 11.2. The molecule has 6 heteroatoms. The fraction of sp³-hybridized carbons (Fsp3) is 0.700. The summed E-state index contributed by atoms with van der Waals surface area (Å²) in [6, 6.07) is -1.02. The lowest BCUT2D eigenvalue weighted by molar-refractivity contribution is -0.138. The van der Waals surface area contributed by atoms with Crippen molar-refractivity contribution in [3.8, 4) is 0 Å². The minimum atomic E-state index is -1.12. The highest BCUT2D eigenvalue weighted by Gasteiger charge is 2.14. The number of carbonyl (C=O) groups excluding carboxylic acids is 2. The van der Waals surface area contributed by atoms with Crippen LogP contribution in [0.1, 0.15) is 26.7 Å². The first-order valence-corrected chi connectivity index (χ1v) is 5.10. The van der Waals surface area contributed by atoms with Gasteiger partial charge < -0.3 is 16.2 Å². The molecule has 0 heterocycles. The van der Waals surface area contributed by atoms with E-state index in [1.807, 2.05) is 0 Å². The Morgan fingerprint density at radius 2 is 1.94 bits per heavy atom. The Kier molecular flexibility index (Phi) is 6.32. The molecule has 0 aliphatic carbocycles.